The first kappa shape index (κ1) is 10.0. The van der Waals surface area contributed by atoms with Crippen LogP contribution in [0.5, 0.6) is 0 Å². The monoisotopic (exact) mass is 186 g/mol. The molecule has 1 aliphatic rings. The van der Waals surface area contributed by atoms with E-state index in [1.165, 1.54) is 7.11 Å². The Morgan fingerprint density at radius 3 is 2.31 bits per heavy atom. The summed E-state index contributed by atoms with van der Waals surface area (Å²) in [6.07, 6.45) is 0.0900. The topological polar surface area (TPSA) is 52.6 Å². The molecule has 0 aromatic rings. The normalized spacial score (nSPS) is 31.2. The molecular weight excluding hydrogens is 172 g/mol. The van der Waals surface area contributed by atoms with Crippen molar-refractivity contribution in [1.29, 1.82) is 0 Å². The third-order valence-corrected chi connectivity index (χ3v) is 2.83. The minimum absolute atomic E-state index is 0.0900. The van der Waals surface area contributed by atoms with Crippen molar-refractivity contribution in [3.05, 3.63) is 0 Å². The minimum Gasteiger partial charge on any atom is -0.468 e. The number of esters is 2. The molecule has 1 atom stereocenters. The van der Waals surface area contributed by atoms with E-state index in [9.17, 15) is 9.59 Å². The van der Waals surface area contributed by atoms with Gasteiger partial charge in [0.15, 0.2) is 0 Å². The molecule has 0 radical (unpaired) electrons. The third kappa shape index (κ3) is 1.30. The van der Waals surface area contributed by atoms with E-state index in [0.29, 0.717) is 0 Å². The number of ether oxygens (including phenoxy) is 2. The molecule has 1 saturated heterocycles. The second kappa shape index (κ2) is 2.72. The fraction of sp³-hybridized carbons (Fsp3) is 0.778. The van der Waals surface area contributed by atoms with Gasteiger partial charge in [-0.25, -0.2) is 0 Å². The Kier molecular flexibility index (Phi) is 2.10. The first-order valence-corrected chi connectivity index (χ1v) is 4.14. The van der Waals surface area contributed by atoms with E-state index in [1.54, 1.807) is 20.8 Å². The molecule has 0 N–H and O–H groups in total. The second-order valence-corrected chi connectivity index (χ2v) is 3.98. The van der Waals surface area contributed by atoms with E-state index >= 15 is 0 Å². The average molecular weight is 186 g/mol. The van der Waals surface area contributed by atoms with Gasteiger partial charge in [-0.3, -0.25) is 9.59 Å². The highest BCUT2D eigenvalue weighted by molar-refractivity contribution is 5.87. The molecule has 13 heavy (non-hydrogen) atoms. The van der Waals surface area contributed by atoms with Crippen LogP contribution in [0.2, 0.25) is 0 Å². The molecular formula is C9H14O4. The number of carbonyl (C=O) groups is 2. The fourth-order valence-electron chi connectivity index (χ4n) is 1.48. The first-order valence-electron chi connectivity index (χ1n) is 4.14. The fourth-order valence-corrected chi connectivity index (χ4v) is 1.48. The van der Waals surface area contributed by atoms with Gasteiger partial charge >= 0.3 is 11.9 Å². The number of rotatable bonds is 1. The Morgan fingerprint density at radius 1 is 1.46 bits per heavy atom. The molecule has 4 heteroatoms. The van der Waals surface area contributed by atoms with Crippen molar-refractivity contribution in [2.45, 2.75) is 32.8 Å². The Bertz CT molecular complexity index is 256. The molecule has 1 rings (SSSR count). The lowest BCUT2D eigenvalue weighted by Crippen LogP contribution is -2.44. The van der Waals surface area contributed by atoms with Gasteiger partial charge in [0.1, 0.15) is 11.0 Å². The Balaban J connectivity index is 3.02. The molecule has 4 nitrogen and oxygen atoms in total. The summed E-state index contributed by atoms with van der Waals surface area (Å²) in [4.78, 5) is 22.5. The zero-order chi connectivity index (χ0) is 10.3. The maximum Gasteiger partial charge on any atom is 0.316 e. The maximum absolute atomic E-state index is 11.4. The quantitative estimate of drug-likeness (QED) is 0.571. The summed E-state index contributed by atoms with van der Waals surface area (Å²) in [5.74, 6) is -0.749. The van der Waals surface area contributed by atoms with Crippen LogP contribution in [0.3, 0.4) is 0 Å². The largest absolute Gasteiger partial charge is 0.468 e. The van der Waals surface area contributed by atoms with Crippen LogP contribution in [0.1, 0.15) is 27.2 Å². The van der Waals surface area contributed by atoms with Gasteiger partial charge in [-0.15, -0.1) is 0 Å². The molecule has 1 aliphatic heterocycles. The summed E-state index contributed by atoms with van der Waals surface area (Å²) in [7, 11) is 1.31. The molecule has 0 bridgehead atoms. The molecule has 0 amide bonds. The van der Waals surface area contributed by atoms with E-state index in [-0.39, 0.29) is 12.4 Å². The van der Waals surface area contributed by atoms with Gasteiger partial charge in [-0.05, 0) is 20.8 Å². The zero-order valence-electron chi connectivity index (χ0n) is 8.34. The second-order valence-electron chi connectivity index (χ2n) is 3.98. The Morgan fingerprint density at radius 2 is 2.00 bits per heavy atom. The maximum atomic E-state index is 11.4. The van der Waals surface area contributed by atoms with E-state index in [2.05, 4.69) is 4.74 Å². The van der Waals surface area contributed by atoms with Crippen LogP contribution in [-0.2, 0) is 19.1 Å². The number of hydrogen-bond acceptors (Lipinski definition) is 4. The SMILES string of the molecule is COC(=O)[C@]1(C)CC(=O)OC1(C)C. The van der Waals surface area contributed by atoms with Gasteiger partial charge < -0.3 is 9.47 Å². The van der Waals surface area contributed by atoms with Crippen molar-refractivity contribution in [1.82, 2.24) is 0 Å². The van der Waals surface area contributed by atoms with Crippen molar-refractivity contribution < 1.29 is 19.1 Å². The van der Waals surface area contributed by atoms with Crippen molar-refractivity contribution in [3.8, 4) is 0 Å². The molecule has 74 valence electrons. The zero-order valence-corrected chi connectivity index (χ0v) is 8.34. The molecule has 0 aromatic carbocycles. The molecule has 1 heterocycles. The van der Waals surface area contributed by atoms with Crippen LogP contribution in [-0.4, -0.2) is 24.6 Å². The standard InChI is InChI=1S/C9H14O4/c1-8(2)9(3,7(11)12-4)5-6(10)13-8/h5H2,1-4H3/t9-/m0/s1. The van der Waals surface area contributed by atoms with Crippen LogP contribution >= 0.6 is 0 Å². The molecule has 0 aromatic heterocycles. The van der Waals surface area contributed by atoms with Crippen LogP contribution in [0.15, 0.2) is 0 Å². The van der Waals surface area contributed by atoms with Crippen LogP contribution in [0.25, 0.3) is 0 Å². The lowest BCUT2D eigenvalue weighted by molar-refractivity contribution is -0.162. The van der Waals surface area contributed by atoms with Gasteiger partial charge in [0.2, 0.25) is 0 Å². The third-order valence-electron chi connectivity index (χ3n) is 2.83. The molecule has 1 fully saturated rings. The van der Waals surface area contributed by atoms with Crippen molar-refractivity contribution in [2.24, 2.45) is 5.41 Å². The highest BCUT2D eigenvalue weighted by Gasteiger charge is 2.57. The van der Waals surface area contributed by atoms with E-state index < -0.39 is 17.0 Å². The highest BCUT2D eigenvalue weighted by Crippen LogP contribution is 2.44. The summed E-state index contributed by atoms with van der Waals surface area (Å²) in [6, 6.07) is 0. The van der Waals surface area contributed by atoms with Gasteiger partial charge in [0, 0.05) is 0 Å². The van der Waals surface area contributed by atoms with Gasteiger partial charge in [0.25, 0.3) is 0 Å². The Hall–Kier alpha value is -1.06. The average Bonchev–Trinajstić information content (AvgIpc) is 2.20. The first-order chi connectivity index (χ1) is 5.83. The number of cyclic esters (lactones) is 1. The lowest BCUT2D eigenvalue weighted by atomic mass is 9.75. The van der Waals surface area contributed by atoms with Crippen molar-refractivity contribution >= 4 is 11.9 Å². The van der Waals surface area contributed by atoms with Crippen molar-refractivity contribution in [3.63, 3.8) is 0 Å². The number of hydrogen-bond donors (Lipinski definition) is 0. The number of carbonyl (C=O) groups excluding carboxylic acids is 2. The summed E-state index contributed by atoms with van der Waals surface area (Å²) in [5.41, 5.74) is -1.64. The van der Waals surface area contributed by atoms with E-state index in [4.69, 9.17) is 4.74 Å². The van der Waals surface area contributed by atoms with Gasteiger partial charge in [-0.2, -0.15) is 0 Å². The lowest BCUT2D eigenvalue weighted by Gasteiger charge is -2.32. The van der Waals surface area contributed by atoms with Crippen LogP contribution in [0, 0.1) is 5.41 Å². The molecule has 0 saturated carbocycles. The predicted octanol–water partition coefficient (Wildman–Crippen LogP) is 0.891. The van der Waals surface area contributed by atoms with Gasteiger partial charge in [0.05, 0.1) is 13.5 Å². The minimum atomic E-state index is -0.862. The summed E-state index contributed by atoms with van der Waals surface area (Å²) < 4.78 is 9.70. The highest BCUT2D eigenvalue weighted by atomic mass is 16.6. The smallest absolute Gasteiger partial charge is 0.316 e. The predicted molar refractivity (Wildman–Crippen MR) is 44.9 cm³/mol. The van der Waals surface area contributed by atoms with Crippen LogP contribution in [0.4, 0.5) is 0 Å². The van der Waals surface area contributed by atoms with Crippen molar-refractivity contribution in [2.75, 3.05) is 7.11 Å². The summed E-state index contributed by atoms with van der Waals surface area (Å²) in [5, 5.41) is 0. The van der Waals surface area contributed by atoms with Gasteiger partial charge in [-0.1, -0.05) is 0 Å². The molecule has 0 unspecified atom stereocenters. The molecule has 0 spiro atoms. The van der Waals surface area contributed by atoms with E-state index in [0.717, 1.165) is 0 Å². The molecule has 0 aliphatic carbocycles. The summed E-state index contributed by atoms with van der Waals surface area (Å²) in [6.45, 7) is 5.12. The summed E-state index contributed by atoms with van der Waals surface area (Å²) >= 11 is 0. The van der Waals surface area contributed by atoms with E-state index in [1.807, 2.05) is 0 Å². The van der Waals surface area contributed by atoms with Crippen LogP contribution < -0.4 is 0 Å². The number of methoxy groups -OCH3 is 1. The Labute approximate surface area is 77.2 Å².